The third-order valence-corrected chi connectivity index (χ3v) is 4.85. The molecule has 1 aliphatic rings. The number of rotatable bonds is 5. The van der Waals surface area contributed by atoms with Crippen LogP contribution in [-0.4, -0.2) is 38.3 Å². The van der Waals surface area contributed by atoms with E-state index in [1.165, 1.54) is 0 Å². The number of phenols is 1. The molecule has 0 saturated carbocycles. The van der Waals surface area contributed by atoms with Crippen LogP contribution in [0.15, 0.2) is 67.0 Å². The zero-order valence-corrected chi connectivity index (χ0v) is 15.0. The van der Waals surface area contributed by atoms with E-state index >= 15 is 0 Å². The molecule has 1 unspecified atom stereocenters. The fourth-order valence-corrected chi connectivity index (χ4v) is 3.57. The molecule has 6 nitrogen and oxygen atoms in total. The van der Waals surface area contributed by atoms with Gasteiger partial charge in [0, 0.05) is 24.6 Å². The van der Waals surface area contributed by atoms with E-state index in [-0.39, 0.29) is 17.7 Å². The number of aromatic hydroxyl groups is 1. The maximum absolute atomic E-state index is 12.9. The second-order valence-corrected chi connectivity index (χ2v) is 6.79. The molecule has 0 spiro atoms. The van der Waals surface area contributed by atoms with Crippen LogP contribution in [0, 0.1) is 0 Å². The molecule has 4 rings (SSSR count). The molecule has 1 atom stereocenters. The maximum Gasteiger partial charge on any atom is 0.241 e. The molecular weight excluding hydrogens is 340 g/mol. The maximum atomic E-state index is 12.9. The Morgan fingerprint density at radius 2 is 2.07 bits per heavy atom. The molecule has 138 valence electrons. The molecule has 0 aliphatic carbocycles. The minimum absolute atomic E-state index is 0.00488. The third kappa shape index (κ3) is 4.01. The van der Waals surface area contributed by atoms with Crippen molar-refractivity contribution in [1.82, 2.24) is 14.7 Å². The highest BCUT2D eigenvalue weighted by Crippen LogP contribution is 2.23. The van der Waals surface area contributed by atoms with Crippen LogP contribution in [0.4, 0.5) is 5.69 Å². The van der Waals surface area contributed by atoms with Gasteiger partial charge in [0.25, 0.3) is 0 Å². The molecule has 2 N–H and O–H groups in total. The van der Waals surface area contributed by atoms with E-state index < -0.39 is 0 Å². The number of anilines is 1. The van der Waals surface area contributed by atoms with Gasteiger partial charge in [-0.25, -0.2) is 4.68 Å². The van der Waals surface area contributed by atoms with Crippen LogP contribution in [0.5, 0.6) is 5.75 Å². The van der Waals surface area contributed by atoms with Gasteiger partial charge in [0.05, 0.1) is 11.7 Å². The van der Waals surface area contributed by atoms with Crippen molar-refractivity contribution in [3.8, 4) is 11.4 Å². The minimum Gasteiger partial charge on any atom is -0.508 e. The van der Waals surface area contributed by atoms with Crippen LogP contribution in [0.25, 0.3) is 5.69 Å². The van der Waals surface area contributed by atoms with Gasteiger partial charge >= 0.3 is 0 Å². The van der Waals surface area contributed by atoms with Crippen molar-refractivity contribution in [3.05, 3.63) is 72.6 Å². The summed E-state index contributed by atoms with van der Waals surface area (Å²) in [7, 11) is 0. The molecular formula is C21H22N4O2. The predicted octanol–water partition coefficient (Wildman–Crippen LogP) is 3.18. The number of amides is 1. The summed E-state index contributed by atoms with van der Waals surface area (Å²) >= 11 is 0. The number of likely N-dealkylation sites (tertiary alicyclic amines) is 1. The predicted molar refractivity (Wildman–Crippen MR) is 104 cm³/mol. The fourth-order valence-electron chi connectivity index (χ4n) is 3.57. The average molecular weight is 362 g/mol. The average Bonchev–Trinajstić information content (AvgIpc) is 3.34. The van der Waals surface area contributed by atoms with Gasteiger partial charge in [-0.05, 0) is 61.3 Å². The molecule has 2 aromatic carbocycles. The molecule has 1 saturated heterocycles. The van der Waals surface area contributed by atoms with E-state index in [1.807, 2.05) is 48.7 Å². The molecule has 0 radical (unpaired) electrons. The van der Waals surface area contributed by atoms with Crippen LogP contribution in [0.1, 0.15) is 18.4 Å². The minimum atomic E-state index is -0.166. The number of phenolic OH excluding ortho intramolecular Hbond substituents is 1. The zero-order valence-electron chi connectivity index (χ0n) is 15.0. The first-order valence-corrected chi connectivity index (χ1v) is 9.12. The van der Waals surface area contributed by atoms with Crippen molar-refractivity contribution in [3.63, 3.8) is 0 Å². The monoisotopic (exact) mass is 362 g/mol. The number of aromatic nitrogens is 2. The first-order valence-electron chi connectivity index (χ1n) is 9.12. The smallest absolute Gasteiger partial charge is 0.241 e. The van der Waals surface area contributed by atoms with Gasteiger partial charge in [-0.1, -0.05) is 18.2 Å². The Labute approximate surface area is 158 Å². The molecule has 6 heteroatoms. The van der Waals surface area contributed by atoms with Gasteiger partial charge in [0.15, 0.2) is 0 Å². The van der Waals surface area contributed by atoms with Gasteiger partial charge in [0.2, 0.25) is 5.91 Å². The van der Waals surface area contributed by atoms with Crippen molar-refractivity contribution < 1.29 is 9.90 Å². The Morgan fingerprint density at radius 3 is 2.89 bits per heavy atom. The Morgan fingerprint density at radius 1 is 1.19 bits per heavy atom. The van der Waals surface area contributed by atoms with Crippen molar-refractivity contribution in [2.45, 2.75) is 25.4 Å². The Bertz CT molecular complexity index is 923. The summed E-state index contributed by atoms with van der Waals surface area (Å²) in [4.78, 5) is 15.0. The van der Waals surface area contributed by atoms with Crippen LogP contribution >= 0.6 is 0 Å². The molecule has 3 aromatic rings. The Hall–Kier alpha value is -3.12. The summed E-state index contributed by atoms with van der Waals surface area (Å²) in [5, 5.41) is 16.9. The highest BCUT2D eigenvalue weighted by atomic mass is 16.3. The van der Waals surface area contributed by atoms with Crippen LogP contribution in [-0.2, 0) is 11.3 Å². The van der Waals surface area contributed by atoms with E-state index in [9.17, 15) is 9.90 Å². The number of carbonyl (C=O) groups is 1. The van der Waals surface area contributed by atoms with Gasteiger partial charge in [0.1, 0.15) is 5.75 Å². The lowest BCUT2D eigenvalue weighted by atomic mass is 10.1. The summed E-state index contributed by atoms with van der Waals surface area (Å²) in [6.07, 6.45) is 5.42. The van der Waals surface area contributed by atoms with E-state index in [4.69, 9.17) is 0 Å². The van der Waals surface area contributed by atoms with Gasteiger partial charge in [-0.3, -0.25) is 9.69 Å². The second-order valence-electron chi connectivity index (χ2n) is 6.79. The number of hydrogen-bond donors (Lipinski definition) is 2. The zero-order chi connectivity index (χ0) is 18.6. The van der Waals surface area contributed by atoms with Crippen molar-refractivity contribution >= 4 is 11.6 Å². The molecule has 0 bridgehead atoms. The summed E-state index contributed by atoms with van der Waals surface area (Å²) in [6, 6.07) is 16.6. The number of hydrogen-bond acceptors (Lipinski definition) is 4. The van der Waals surface area contributed by atoms with Crippen LogP contribution < -0.4 is 5.32 Å². The van der Waals surface area contributed by atoms with Gasteiger partial charge in [-0.2, -0.15) is 5.10 Å². The fraction of sp³-hybridized carbons (Fsp3) is 0.238. The first kappa shape index (κ1) is 17.3. The van der Waals surface area contributed by atoms with E-state index in [0.29, 0.717) is 6.54 Å². The number of nitrogens with zero attached hydrogens (tertiary/aromatic N) is 3. The first-order chi connectivity index (χ1) is 13.2. The van der Waals surface area contributed by atoms with Crippen LogP contribution in [0.3, 0.4) is 0 Å². The molecule has 1 aliphatic heterocycles. The van der Waals surface area contributed by atoms with E-state index in [0.717, 1.165) is 36.3 Å². The summed E-state index contributed by atoms with van der Waals surface area (Å²) in [6.45, 7) is 1.53. The summed E-state index contributed by atoms with van der Waals surface area (Å²) < 4.78 is 1.76. The molecule has 1 amide bonds. The van der Waals surface area contributed by atoms with E-state index in [2.05, 4.69) is 15.3 Å². The number of carbonyl (C=O) groups excluding carboxylic acids is 1. The van der Waals surface area contributed by atoms with Gasteiger partial charge in [-0.15, -0.1) is 0 Å². The number of benzene rings is 2. The quantitative estimate of drug-likeness (QED) is 0.731. The lowest BCUT2D eigenvalue weighted by Crippen LogP contribution is -2.39. The molecule has 1 aromatic heterocycles. The highest BCUT2D eigenvalue weighted by molar-refractivity contribution is 5.95. The van der Waals surface area contributed by atoms with Gasteiger partial charge < -0.3 is 10.4 Å². The summed E-state index contributed by atoms with van der Waals surface area (Å²) in [5.74, 6) is 0.258. The van der Waals surface area contributed by atoms with Crippen molar-refractivity contribution in [2.24, 2.45) is 0 Å². The SMILES string of the molecule is O=C(Nc1cccc(-n2cccn2)c1)C1CCCN1Cc1cccc(O)c1. The number of nitrogens with one attached hydrogen (secondary N) is 1. The third-order valence-electron chi connectivity index (χ3n) is 4.85. The normalized spacial score (nSPS) is 17.1. The van der Waals surface area contributed by atoms with Crippen LogP contribution in [0.2, 0.25) is 0 Å². The standard InChI is InChI=1S/C21H22N4O2/c26-19-8-1-5-16(13-19)15-24-11-3-9-20(24)21(27)23-17-6-2-7-18(14-17)25-12-4-10-22-25/h1-2,4-8,10,12-14,20,26H,3,9,11,15H2,(H,23,27). The molecule has 27 heavy (non-hydrogen) atoms. The lowest BCUT2D eigenvalue weighted by molar-refractivity contribution is -0.120. The Kier molecular flexibility index (Phi) is 4.89. The summed E-state index contributed by atoms with van der Waals surface area (Å²) in [5.41, 5.74) is 2.67. The topological polar surface area (TPSA) is 70.4 Å². The largest absolute Gasteiger partial charge is 0.508 e. The Balaban J connectivity index is 1.45. The highest BCUT2D eigenvalue weighted by Gasteiger charge is 2.30. The molecule has 2 heterocycles. The lowest BCUT2D eigenvalue weighted by Gasteiger charge is -2.24. The van der Waals surface area contributed by atoms with Crippen molar-refractivity contribution in [2.75, 3.05) is 11.9 Å². The van der Waals surface area contributed by atoms with E-state index in [1.54, 1.807) is 23.0 Å². The molecule has 1 fully saturated rings. The van der Waals surface area contributed by atoms with Crippen molar-refractivity contribution in [1.29, 1.82) is 0 Å². The second kappa shape index (κ2) is 7.63.